The first-order valence-corrected chi connectivity index (χ1v) is 7.33. The van der Waals surface area contributed by atoms with E-state index in [4.69, 9.17) is 11.6 Å². The Bertz CT molecular complexity index is 541. The minimum absolute atomic E-state index is 0.452. The van der Waals surface area contributed by atoms with E-state index in [1.165, 1.54) is 19.3 Å². The van der Waals surface area contributed by atoms with Crippen molar-refractivity contribution in [1.82, 2.24) is 4.98 Å². The third-order valence-corrected chi connectivity index (χ3v) is 3.77. The summed E-state index contributed by atoms with van der Waals surface area (Å²) in [6.45, 7) is 2.19. The predicted octanol–water partition coefficient (Wildman–Crippen LogP) is 4.89. The number of aromatic nitrogens is 1. The van der Waals surface area contributed by atoms with Crippen LogP contribution in [-0.4, -0.2) is 10.1 Å². The van der Waals surface area contributed by atoms with Crippen LogP contribution >= 0.6 is 11.6 Å². The lowest BCUT2D eigenvalue weighted by atomic mass is 10.00. The van der Waals surface area contributed by atoms with Gasteiger partial charge in [0.05, 0.1) is 11.6 Å². The van der Waals surface area contributed by atoms with Crippen molar-refractivity contribution in [1.29, 1.82) is 0 Å². The van der Waals surface area contributed by atoms with Gasteiger partial charge in [-0.25, -0.2) is 0 Å². The normalized spacial score (nSPS) is 12.8. The highest BCUT2D eigenvalue weighted by molar-refractivity contribution is 6.35. The molecule has 0 aliphatic carbocycles. The summed E-state index contributed by atoms with van der Waals surface area (Å²) in [4.78, 5) is 4.36. The van der Waals surface area contributed by atoms with E-state index in [-0.39, 0.29) is 0 Å². The number of aliphatic hydroxyl groups excluding tert-OH is 1. The molecule has 1 atom stereocenters. The molecule has 0 spiro atoms. The van der Waals surface area contributed by atoms with E-state index in [2.05, 4.69) is 11.9 Å². The summed E-state index contributed by atoms with van der Waals surface area (Å²) in [5, 5.41) is 11.9. The molecule has 102 valence electrons. The molecule has 1 aromatic carbocycles. The second-order valence-corrected chi connectivity index (χ2v) is 5.31. The largest absolute Gasteiger partial charge is 0.388 e. The van der Waals surface area contributed by atoms with Crippen molar-refractivity contribution in [2.75, 3.05) is 0 Å². The van der Waals surface area contributed by atoms with Gasteiger partial charge in [-0.15, -0.1) is 0 Å². The first-order valence-electron chi connectivity index (χ1n) is 6.95. The minimum atomic E-state index is -0.452. The fourth-order valence-corrected chi connectivity index (χ4v) is 2.56. The van der Waals surface area contributed by atoms with Gasteiger partial charge in [-0.3, -0.25) is 4.98 Å². The van der Waals surface area contributed by atoms with Crippen molar-refractivity contribution in [2.24, 2.45) is 0 Å². The van der Waals surface area contributed by atoms with Crippen molar-refractivity contribution >= 4 is 22.5 Å². The van der Waals surface area contributed by atoms with Gasteiger partial charge >= 0.3 is 0 Å². The average molecular weight is 278 g/mol. The lowest BCUT2D eigenvalue weighted by Crippen LogP contribution is -2.00. The van der Waals surface area contributed by atoms with E-state index in [1.807, 2.05) is 24.3 Å². The molecule has 0 amide bonds. The number of aliphatic hydroxyl groups is 1. The number of unbranched alkanes of at least 4 members (excludes halogenated alkanes) is 3. The van der Waals surface area contributed by atoms with E-state index in [0.29, 0.717) is 5.02 Å². The highest BCUT2D eigenvalue weighted by Crippen LogP contribution is 2.30. The van der Waals surface area contributed by atoms with Gasteiger partial charge in [-0.2, -0.15) is 0 Å². The number of pyridine rings is 1. The molecular weight excluding hydrogens is 258 g/mol. The number of nitrogens with zero attached hydrogens (tertiary/aromatic N) is 1. The molecule has 0 fully saturated rings. The third-order valence-electron chi connectivity index (χ3n) is 3.44. The number of halogens is 1. The molecule has 2 rings (SSSR count). The zero-order valence-electron chi connectivity index (χ0n) is 11.3. The molecule has 0 saturated carbocycles. The molecule has 2 nitrogen and oxygen atoms in total. The molecule has 3 heteroatoms. The summed E-state index contributed by atoms with van der Waals surface area (Å²) in [7, 11) is 0. The Morgan fingerprint density at radius 1 is 1.21 bits per heavy atom. The van der Waals surface area contributed by atoms with Gasteiger partial charge in [0.25, 0.3) is 0 Å². The van der Waals surface area contributed by atoms with Crippen LogP contribution in [0.25, 0.3) is 10.9 Å². The standard InChI is InChI=1S/C16H20ClNO/c1-2-3-4-5-8-15(19)13-9-10-14(17)12-7-6-11-18-16(12)13/h6-7,9-11,15,19H,2-5,8H2,1H3. The summed E-state index contributed by atoms with van der Waals surface area (Å²) < 4.78 is 0. The Hall–Kier alpha value is -1.12. The van der Waals surface area contributed by atoms with Crippen LogP contribution in [0.15, 0.2) is 30.5 Å². The maximum Gasteiger partial charge on any atom is 0.0811 e. The van der Waals surface area contributed by atoms with Crippen LogP contribution in [0, 0.1) is 0 Å². The van der Waals surface area contributed by atoms with Crippen LogP contribution in [-0.2, 0) is 0 Å². The van der Waals surface area contributed by atoms with Gasteiger partial charge in [0.15, 0.2) is 0 Å². The quantitative estimate of drug-likeness (QED) is 0.763. The Labute approximate surface area is 119 Å². The second-order valence-electron chi connectivity index (χ2n) is 4.90. The summed E-state index contributed by atoms with van der Waals surface area (Å²) in [5.74, 6) is 0. The zero-order chi connectivity index (χ0) is 13.7. The summed E-state index contributed by atoms with van der Waals surface area (Å²) in [6.07, 6.45) is 6.73. The smallest absolute Gasteiger partial charge is 0.0811 e. The van der Waals surface area contributed by atoms with E-state index in [9.17, 15) is 5.11 Å². The van der Waals surface area contributed by atoms with Gasteiger partial charge in [0, 0.05) is 22.2 Å². The Balaban J connectivity index is 2.18. The number of hydrogen-bond donors (Lipinski definition) is 1. The van der Waals surface area contributed by atoms with Gasteiger partial charge < -0.3 is 5.11 Å². The van der Waals surface area contributed by atoms with Gasteiger partial charge in [0.1, 0.15) is 0 Å². The molecule has 0 aliphatic heterocycles. The molecule has 0 saturated heterocycles. The molecule has 0 radical (unpaired) electrons. The fourth-order valence-electron chi connectivity index (χ4n) is 2.35. The number of hydrogen-bond acceptors (Lipinski definition) is 2. The van der Waals surface area contributed by atoms with E-state index in [1.54, 1.807) is 6.20 Å². The lowest BCUT2D eigenvalue weighted by molar-refractivity contribution is 0.164. The number of benzene rings is 1. The van der Waals surface area contributed by atoms with Crippen LogP contribution in [0.1, 0.15) is 50.7 Å². The summed E-state index contributed by atoms with van der Waals surface area (Å²) >= 11 is 6.16. The van der Waals surface area contributed by atoms with Gasteiger partial charge in [-0.1, -0.05) is 50.3 Å². The summed E-state index contributed by atoms with van der Waals surface area (Å²) in [5.41, 5.74) is 1.70. The molecular formula is C16H20ClNO. The van der Waals surface area contributed by atoms with Crippen molar-refractivity contribution in [3.05, 3.63) is 41.0 Å². The molecule has 1 aromatic heterocycles. The number of fused-ring (bicyclic) bond motifs is 1. The van der Waals surface area contributed by atoms with Crippen LogP contribution in [0.3, 0.4) is 0 Å². The van der Waals surface area contributed by atoms with E-state index < -0.39 is 6.10 Å². The second kappa shape index (κ2) is 6.88. The van der Waals surface area contributed by atoms with Crippen molar-refractivity contribution in [2.45, 2.75) is 45.1 Å². The molecule has 2 aromatic rings. The first-order chi connectivity index (χ1) is 9.24. The average Bonchev–Trinajstić information content (AvgIpc) is 2.44. The molecule has 1 N–H and O–H groups in total. The Kier molecular flexibility index (Phi) is 5.17. The van der Waals surface area contributed by atoms with Crippen LogP contribution in [0.4, 0.5) is 0 Å². The predicted molar refractivity (Wildman–Crippen MR) is 80.5 cm³/mol. The minimum Gasteiger partial charge on any atom is -0.388 e. The number of rotatable bonds is 6. The van der Waals surface area contributed by atoms with Crippen molar-refractivity contribution in [3.8, 4) is 0 Å². The van der Waals surface area contributed by atoms with E-state index >= 15 is 0 Å². The highest BCUT2D eigenvalue weighted by Gasteiger charge is 2.13. The van der Waals surface area contributed by atoms with Crippen molar-refractivity contribution in [3.63, 3.8) is 0 Å². The molecule has 1 unspecified atom stereocenters. The van der Waals surface area contributed by atoms with E-state index in [0.717, 1.165) is 29.3 Å². The van der Waals surface area contributed by atoms with Crippen molar-refractivity contribution < 1.29 is 5.11 Å². The SMILES string of the molecule is CCCCCCC(O)c1ccc(Cl)c2cccnc12. The molecule has 1 heterocycles. The zero-order valence-corrected chi connectivity index (χ0v) is 12.0. The third kappa shape index (κ3) is 3.46. The summed E-state index contributed by atoms with van der Waals surface area (Å²) in [6, 6.07) is 7.54. The van der Waals surface area contributed by atoms with Crippen LogP contribution in [0.5, 0.6) is 0 Å². The monoisotopic (exact) mass is 277 g/mol. The maximum atomic E-state index is 10.3. The fraction of sp³-hybridized carbons (Fsp3) is 0.438. The Morgan fingerprint density at radius 2 is 2.05 bits per heavy atom. The topological polar surface area (TPSA) is 33.1 Å². The van der Waals surface area contributed by atoms with Crippen LogP contribution < -0.4 is 0 Å². The van der Waals surface area contributed by atoms with Crippen LogP contribution in [0.2, 0.25) is 5.02 Å². The molecule has 0 bridgehead atoms. The maximum absolute atomic E-state index is 10.3. The van der Waals surface area contributed by atoms with Gasteiger partial charge in [0.2, 0.25) is 0 Å². The first kappa shape index (κ1) is 14.3. The van der Waals surface area contributed by atoms with Gasteiger partial charge in [-0.05, 0) is 24.6 Å². The highest BCUT2D eigenvalue weighted by atomic mass is 35.5. The lowest BCUT2D eigenvalue weighted by Gasteiger charge is -2.13. The Morgan fingerprint density at radius 3 is 2.84 bits per heavy atom. The molecule has 19 heavy (non-hydrogen) atoms. The molecule has 0 aliphatic rings.